The zero-order valence-corrected chi connectivity index (χ0v) is 34.4. The second-order valence-corrected chi connectivity index (χ2v) is 22.6. The van der Waals surface area contributed by atoms with Gasteiger partial charge in [-0.15, -0.1) is 0 Å². The van der Waals surface area contributed by atoms with Gasteiger partial charge in [-0.05, 0) is 143 Å². The average molecular weight is 745 g/mol. The van der Waals surface area contributed by atoms with Crippen molar-refractivity contribution in [3.8, 4) is 0 Å². The standard InChI is InChI=1S/C42H68N2O7S/c1-26(2)28-13-19-42(23-33(45)43-27-16-22-44(25-27)52(10,49)50)21-20-40(8)29(35(28)42)11-12-31-39(7)17-15-32(51-34(46)24-37(3,4)36(47)48)38(5,6)30(39)14-18-41(31,40)9/h27-32,35H,1,11-25H2,2-10H3,(H,43,45)(H,47,48)/t27-,28+,29-,30+,31-,32+,35-,39+,40-,41-,42-/m1/s1. The molecule has 0 spiro atoms. The second kappa shape index (κ2) is 13.1. The highest BCUT2D eigenvalue weighted by Crippen LogP contribution is 2.78. The molecule has 0 aromatic rings. The van der Waals surface area contributed by atoms with Gasteiger partial charge in [0.15, 0.2) is 0 Å². The maximum absolute atomic E-state index is 13.9. The van der Waals surface area contributed by atoms with Crippen LogP contribution in [0.4, 0.5) is 0 Å². The Labute approximate surface area is 313 Å². The lowest BCUT2D eigenvalue weighted by atomic mass is 9.32. The third-order valence-electron chi connectivity index (χ3n) is 17.1. The minimum atomic E-state index is -3.27. The van der Waals surface area contributed by atoms with E-state index in [1.54, 1.807) is 13.8 Å². The number of carbonyl (C=O) groups is 3. The van der Waals surface area contributed by atoms with Crippen molar-refractivity contribution in [3.63, 3.8) is 0 Å². The number of rotatable bonds is 9. The Balaban J connectivity index is 1.22. The fourth-order valence-corrected chi connectivity index (χ4v) is 15.0. The van der Waals surface area contributed by atoms with E-state index in [2.05, 4.69) is 53.4 Å². The summed E-state index contributed by atoms with van der Waals surface area (Å²) in [7, 11) is -3.27. The molecular formula is C42H68N2O7S. The van der Waals surface area contributed by atoms with Crippen LogP contribution in [0.25, 0.3) is 0 Å². The number of aliphatic carboxylic acids is 1. The summed E-state index contributed by atoms with van der Waals surface area (Å²) in [6.45, 7) is 23.0. The van der Waals surface area contributed by atoms with E-state index in [-0.39, 0.29) is 51.5 Å². The first-order valence-corrected chi connectivity index (χ1v) is 22.1. The molecule has 6 aliphatic rings. The van der Waals surface area contributed by atoms with Gasteiger partial charge in [-0.2, -0.15) is 0 Å². The molecule has 1 saturated heterocycles. The topological polar surface area (TPSA) is 130 Å². The van der Waals surface area contributed by atoms with Crippen molar-refractivity contribution >= 4 is 27.9 Å². The van der Waals surface area contributed by atoms with Gasteiger partial charge < -0.3 is 15.2 Å². The van der Waals surface area contributed by atoms with Crippen LogP contribution in [0, 0.1) is 62.1 Å². The van der Waals surface area contributed by atoms with Gasteiger partial charge in [0.1, 0.15) is 6.10 Å². The van der Waals surface area contributed by atoms with Crippen LogP contribution in [-0.2, 0) is 29.1 Å². The van der Waals surface area contributed by atoms with Crippen LogP contribution < -0.4 is 5.32 Å². The van der Waals surface area contributed by atoms with E-state index in [4.69, 9.17) is 4.74 Å². The van der Waals surface area contributed by atoms with E-state index in [9.17, 15) is 27.9 Å². The Morgan fingerprint density at radius 3 is 2.21 bits per heavy atom. The molecule has 6 fully saturated rings. The quantitative estimate of drug-likeness (QED) is 0.184. The molecule has 5 saturated carbocycles. The van der Waals surface area contributed by atoms with Gasteiger partial charge in [-0.3, -0.25) is 14.4 Å². The van der Waals surface area contributed by atoms with Crippen molar-refractivity contribution in [2.45, 2.75) is 151 Å². The molecule has 0 unspecified atom stereocenters. The van der Waals surface area contributed by atoms with Gasteiger partial charge in [0.05, 0.1) is 18.1 Å². The fraction of sp³-hybridized carbons (Fsp3) is 0.881. The van der Waals surface area contributed by atoms with Crippen LogP contribution in [0.3, 0.4) is 0 Å². The number of hydrogen-bond acceptors (Lipinski definition) is 6. The SMILES string of the molecule is C=C(C)[C@@H]1CC[C@]2(CC(=O)N[C@@H]3CCN(S(C)(=O)=O)C3)CC[C@]3(C)[C@H](CC[C@@H]4[C@@]5(C)CC[C@H](OC(=O)CC(C)(C)C(=O)O)C(C)(C)[C@@H]5CC[C@]43C)[C@@H]12. The average Bonchev–Trinajstić information content (AvgIpc) is 3.64. The molecule has 0 bridgehead atoms. The van der Waals surface area contributed by atoms with Crippen LogP contribution in [-0.4, -0.2) is 67.2 Å². The van der Waals surface area contributed by atoms with E-state index in [0.717, 1.165) is 57.8 Å². The third-order valence-corrected chi connectivity index (χ3v) is 18.4. The molecule has 5 aliphatic carbocycles. The maximum atomic E-state index is 13.9. The number of nitrogens with one attached hydrogen (secondary N) is 1. The molecule has 0 radical (unpaired) electrons. The number of esters is 1. The highest BCUT2D eigenvalue weighted by molar-refractivity contribution is 7.88. The first kappa shape index (κ1) is 39.7. The molecule has 10 heteroatoms. The molecule has 294 valence electrons. The van der Waals surface area contributed by atoms with E-state index in [0.29, 0.717) is 55.5 Å². The van der Waals surface area contributed by atoms with Crippen LogP contribution >= 0.6 is 0 Å². The number of hydrogen-bond donors (Lipinski definition) is 2. The number of fused-ring (bicyclic) bond motifs is 7. The molecule has 1 amide bonds. The van der Waals surface area contributed by atoms with E-state index in [1.807, 2.05) is 0 Å². The summed E-state index contributed by atoms with van der Waals surface area (Å²) >= 11 is 0. The van der Waals surface area contributed by atoms with Crippen molar-refractivity contribution in [3.05, 3.63) is 12.2 Å². The largest absolute Gasteiger partial charge is 0.481 e. The highest BCUT2D eigenvalue weighted by Gasteiger charge is 2.71. The minimum absolute atomic E-state index is 0.0591. The number of ether oxygens (including phenoxy) is 1. The minimum Gasteiger partial charge on any atom is -0.481 e. The molecule has 1 heterocycles. The summed E-state index contributed by atoms with van der Waals surface area (Å²) in [5.74, 6) is 0.950. The predicted octanol–water partition coefficient (Wildman–Crippen LogP) is 7.60. The normalized spacial score (nSPS) is 43.0. The van der Waals surface area contributed by atoms with Crippen molar-refractivity contribution < 1.29 is 32.6 Å². The number of carboxylic acids is 1. The number of allylic oxidation sites excluding steroid dienone is 1. The van der Waals surface area contributed by atoms with Crippen LogP contribution in [0.2, 0.25) is 0 Å². The lowest BCUT2D eigenvalue weighted by molar-refractivity contribution is -0.250. The van der Waals surface area contributed by atoms with Crippen molar-refractivity contribution in [1.29, 1.82) is 0 Å². The molecule has 11 atom stereocenters. The Kier molecular flexibility index (Phi) is 10.0. The highest BCUT2D eigenvalue weighted by atomic mass is 32.2. The first-order chi connectivity index (χ1) is 23.9. The Morgan fingerprint density at radius 2 is 1.60 bits per heavy atom. The zero-order valence-electron chi connectivity index (χ0n) is 33.6. The van der Waals surface area contributed by atoms with Crippen molar-refractivity contribution in [1.82, 2.24) is 9.62 Å². The van der Waals surface area contributed by atoms with E-state index < -0.39 is 27.4 Å². The van der Waals surface area contributed by atoms with Crippen LogP contribution in [0.1, 0.15) is 139 Å². The lowest BCUT2D eigenvalue weighted by Gasteiger charge is -2.73. The lowest BCUT2D eigenvalue weighted by Crippen LogP contribution is -2.67. The first-order valence-electron chi connectivity index (χ1n) is 20.2. The third kappa shape index (κ3) is 6.29. The maximum Gasteiger partial charge on any atom is 0.309 e. The van der Waals surface area contributed by atoms with Gasteiger partial charge in [-0.25, -0.2) is 12.7 Å². The summed E-state index contributed by atoms with van der Waals surface area (Å²) < 4.78 is 31.9. The number of sulfonamides is 1. The monoisotopic (exact) mass is 744 g/mol. The van der Waals surface area contributed by atoms with E-state index >= 15 is 0 Å². The predicted molar refractivity (Wildman–Crippen MR) is 202 cm³/mol. The summed E-state index contributed by atoms with van der Waals surface area (Å²) in [6.07, 6.45) is 12.7. The fourth-order valence-electron chi connectivity index (χ4n) is 14.2. The molecule has 0 aromatic heterocycles. The van der Waals surface area contributed by atoms with Gasteiger partial charge in [0.25, 0.3) is 0 Å². The van der Waals surface area contributed by atoms with Crippen molar-refractivity contribution in [2.75, 3.05) is 19.3 Å². The molecule has 0 aromatic carbocycles. The van der Waals surface area contributed by atoms with Gasteiger partial charge in [0, 0.05) is 31.0 Å². The van der Waals surface area contributed by atoms with Crippen molar-refractivity contribution in [2.24, 2.45) is 62.1 Å². The zero-order chi connectivity index (χ0) is 38.4. The van der Waals surface area contributed by atoms with Gasteiger partial charge in [0.2, 0.25) is 15.9 Å². The Hall–Kier alpha value is -1.94. The Morgan fingerprint density at radius 1 is 0.904 bits per heavy atom. The second-order valence-electron chi connectivity index (χ2n) is 20.6. The number of nitrogens with zero attached hydrogens (tertiary/aromatic N) is 1. The number of amides is 1. The van der Waals surface area contributed by atoms with E-state index in [1.165, 1.54) is 22.6 Å². The molecule has 2 N–H and O–H groups in total. The summed E-state index contributed by atoms with van der Waals surface area (Å²) in [5, 5.41) is 12.9. The summed E-state index contributed by atoms with van der Waals surface area (Å²) in [4.78, 5) is 38.7. The van der Waals surface area contributed by atoms with Crippen LogP contribution in [0.15, 0.2) is 12.2 Å². The van der Waals surface area contributed by atoms with Crippen LogP contribution in [0.5, 0.6) is 0 Å². The molecule has 6 rings (SSSR count). The van der Waals surface area contributed by atoms with Gasteiger partial charge >= 0.3 is 11.9 Å². The number of carboxylic acid groups (broad SMARTS) is 1. The van der Waals surface area contributed by atoms with Gasteiger partial charge in [-0.1, -0.05) is 46.8 Å². The molecule has 9 nitrogen and oxygen atoms in total. The Bertz CT molecular complexity index is 1590. The molecule has 52 heavy (non-hydrogen) atoms. The summed E-state index contributed by atoms with van der Waals surface area (Å²) in [6, 6.07) is -0.131. The molecule has 1 aliphatic heterocycles. The smallest absolute Gasteiger partial charge is 0.309 e. The summed E-state index contributed by atoms with van der Waals surface area (Å²) in [5.41, 5.74) is 0.181. The number of carbonyl (C=O) groups excluding carboxylic acids is 2. The molecular weight excluding hydrogens is 677 g/mol.